The lowest BCUT2D eigenvalue weighted by molar-refractivity contribution is -0.107. The van der Waals surface area contributed by atoms with Crippen molar-refractivity contribution in [2.24, 2.45) is 0 Å². The van der Waals surface area contributed by atoms with Gasteiger partial charge in [0.2, 0.25) is 0 Å². The number of benzene rings is 1. The van der Waals surface area contributed by atoms with Gasteiger partial charge in [-0.3, -0.25) is 0 Å². The number of carbonyl (C=O) groups is 1. The quantitative estimate of drug-likeness (QED) is 0.513. The minimum Gasteiger partial charge on any atom is -0.303 e. The molecule has 0 fully saturated rings. The van der Waals surface area contributed by atoms with Crippen LogP contribution in [0.4, 0.5) is 0 Å². The lowest BCUT2D eigenvalue weighted by Gasteiger charge is -1.98. The van der Waals surface area contributed by atoms with Crippen LogP contribution in [-0.2, 0) is 16.0 Å². The second-order valence-corrected chi connectivity index (χ2v) is 2.74. The molecule has 13 heavy (non-hydrogen) atoms. The van der Waals surface area contributed by atoms with E-state index in [4.69, 9.17) is 0 Å². The maximum absolute atomic E-state index is 10.4. The van der Waals surface area contributed by atoms with E-state index in [2.05, 4.69) is 0 Å². The van der Waals surface area contributed by atoms with Crippen LogP contribution in [0.1, 0.15) is 12.0 Å². The molecule has 1 aromatic rings. The Morgan fingerprint density at radius 1 is 1.31 bits per heavy atom. The number of hydrogen-bond donors (Lipinski definition) is 0. The fourth-order valence-corrected chi connectivity index (χ4v) is 1.09. The van der Waals surface area contributed by atoms with Crippen molar-refractivity contribution in [2.45, 2.75) is 12.8 Å². The van der Waals surface area contributed by atoms with Gasteiger partial charge in [-0.25, -0.2) is 4.79 Å². The standard InChI is InChI=1S/C11H10O2/c12-7-6-11(9-13)8-10-4-2-1-3-5-10/h1-5,7H,6,8H2. The van der Waals surface area contributed by atoms with Crippen LogP contribution in [0.3, 0.4) is 0 Å². The summed E-state index contributed by atoms with van der Waals surface area (Å²) in [6, 6.07) is 9.55. The summed E-state index contributed by atoms with van der Waals surface area (Å²) in [6.45, 7) is 0. The van der Waals surface area contributed by atoms with Crippen LogP contribution in [0.2, 0.25) is 0 Å². The molecule has 66 valence electrons. The van der Waals surface area contributed by atoms with Gasteiger partial charge in [-0.2, -0.15) is 0 Å². The van der Waals surface area contributed by atoms with Gasteiger partial charge in [0.05, 0.1) is 0 Å². The van der Waals surface area contributed by atoms with Crippen molar-refractivity contribution in [3.8, 4) is 0 Å². The van der Waals surface area contributed by atoms with Gasteiger partial charge < -0.3 is 4.79 Å². The largest absolute Gasteiger partial charge is 0.303 e. The molecule has 0 bridgehead atoms. The fraction of sp³-hybridized carbons (Fsp3) is 0.182. The third kappa shape index (κ3) is 3.06. The molecule has 0 unspecified atom stereocenters. The molecule has 0 amide bonds. The molecule has 2 nitrogen and oxygen atoms in total. The first kappa shape index (κ1) is 9.43. The van der Waals surface area contributed by atoms with Gasteiger partial charge in [0.1, 0.15) is 12.2 Å². The van der Waals surface area contributed by atoms with Gasteiger partial charge in [-0.15, -0.1) is 0 Å². The van der Waals surface area contributed by atoms with Gasteiger partial charge >= 0.3 is 0 Å². The van der Waals surface area contributed by atoms with E-state index in [1.807, 2.05) is 30.3 Å². The number of carbonyl (C=O) groups excluding carboxylic acids is 2. The van der Waals surface area contributed by atoms with Gasteiger partial charge in [0.25, 0.3) is 0 Å². The van der Waals surface area contributed by atoms with Crippen molar-refractivity contribution >= 4 is 12.2 Å². The van der Waals surface area contributed by atoms with E-state index in [-0.39, 0.29) is 6.42 Å². The first-order chi connectivity index (χ1) is 6.36. The minimum atomic E-state index is 0.179. The van der Waals surface area contributed by atoms with E-state index in [0.29, 0.717) is 12.0 Å². The molecule has 0 atom stereocenters. The van der Waals surface area contributed by atoms with E-state index in [1.54, 1.807) is 5.94 Å². The van der Waals surface area contributed by atoms with Crippen LogP contribution in [0.5, 0.6) is 0 Å². The monoisotopic (exact) mass is 174 g/mol. The summed E-state index contributed by atoms with van der Waals surface area (Å²) in [7, 11) is 0. The summed E-state index contributed by atoms with van der Waals surface area (Å²) < 4.78 is 0. The van der Waals surface area contributed by atoms with Crippen LogP contribution in [-0.4, -0.2) is 12.2 Å². The smallest absolute Gasteiger partial charge is 0.124 e. The summed E-state index contributed by atoms with van der Waals surface area (Å²) in [5.41, 5.74) is 1.53. The Balaban J connectivity index is 2.68. The third-order valence-electron chi connectivity index (χ3n) is 1.73. The zero-order chi connectivity index (χ0) is 9.52. The van der Waals surface area contributed by atoms with E-state index in [9.17, 15) is 9.59 Å². The zero-order valence-electron chi connectivity index (χ0n) is 7.19. The Hall–Kier alpha value is -1.66. The molecule has 0 saturated carbocycles. The Morgan fingerprint density at radius 2 is 2.00 bits per heavy atom. The number of rotatable bonds is 4. The van der Waals surface area contributed by atoms with Crippen LogP contribution < -0.4 is 0 Å². The number of hydrogen-bond acceptors (Lipinski definition) is 2. The predicted octanol–water partition coefficient (Wildman–Crippen LogP) is 1.58. The highest BCUT2D eigenvalue weighted by Crippen LogP contribution is 2.06. The molecular weight excluding hydrogens is 164 g/mol. The molecule has 0 N–H and O–H groups in total. The lowest BCUT2D eigenvalue weighted by Crippen LogP contribution is -1.92. The molecule has 0 aliphatic rings. The molecule has 0 heterocycles. The number of allylic oxidation sites excluding steroid dienone is 1. The predicted molar refractivity (Wildman–Crippen MR) is 50.0 cm³/mol. The first-order valence-electron chi connectivity index (χ1n) is 4.07. The van der Waals surface area contributed by atoms with Crippen LogP contribution >= 0.6 is 0 Å². The molecule has 0 aliphatic heterocycles. The lowest BCUT2D eigenvalue weighted by atomic mass is 10.0. The highest BCUT2D eigenvalue weighted by Gasteiger charge is 1.99. The van der Waals surface area contributed by atoms with Crippen molar-refractivity contribution in [3.63, 3.8) is 0 Å². The molecule has 1 rings (SSSR count). The van der Waals surface area contributed by atoms with Crippen molar-refractivity contribution in [2.75, 3.05) is 0 Å². The zero-order valence-corrected chi connectivity index (χ0v) is 7.19. The van der Waals surface area contributed by atoms with Crippen molar-refractivity contribution in [1.82, 2.24) is 0 Å². The fourth-order valence-electron chi connectivity index (χ4n) is 1.09. The summed E-state index contributed by atoms with van der Waals surface area (Å²) in [6.07, 6.45) is 1.42. The van der Waals surface area contributed by atoms with Gasteiger partial charge in [-0.05, 0) is 5.56 Å². The van der Waals surface area contributed by atoms with E-state index in [1.165, 1.54) is 0 Å². The molecule has 1 aromatic carbocycles. The molecule has 0 spiro atoms. The average Bonchev–Trinajstić information content (AvgIpc) is 2.19. The highest BCUT2D eigenvalue weighted by molar-refractivity contribution is 5.64. The number of aldehydes is 1. The van der Waals surface area contributed by atoms with E-state index >= 15 is 0 Å². The van der Waals surface area contributed by atoms with Gasteiger partial charge in [0, 0.05) is 18.4 Å². The van der Waals surface area contributed by atoms with Gasteiger partial charge in [-0.1, -0.05) is 30.3 Å². The van der Waals surface area contributed by atoms with Crippen molar-refractivity contribution in [3.05, 3.63) is 41.5 Å². The Labute approximate surface area is 76.9 Å². The maximum Gasteiger partial charge on any atom is 0.124 e. The SMILES string of the molecule is O=C=C(CC=O)Cc1ccccc1. The van der Waals surface area contributed by atoms with E-state index in [0.717, 1.165) is 11.8 Å². The van der Waals surface area contributed by atoms with Crippen LogP contribution in [0.25, 0.3) is 0 Å². The average molecular weight is 174 g/mol. The Kier molecular flexibility index (Phi) is 3.68. The Bertz CT molecular complexity index is 321. The topological polar surface area (TPSA) is 34.1 Å². The second-order valence-electron chi connectivity index (χ2n) is 2.74. The van der Waals surface area contributed by atoms with E-state index < -0.39 is 0 Å². The van der Waals surface area contributed by atoms with Crippen molar-refractivity contribution in [1.29, 1.82) is 0 Å². The first-order valence-corrected chi connectivity index (χ1v) is 4.07. The van der Waals surface area contributed by atoms with Gasteiger partial charge in [0.15, 0.2) is 0 Å². The molecule has 2 heteroatoms. The molecule has 0 aromatic heterocycles. The highest BCUT2D eigenvalue weighted by atomic mass is 16.1. The maximum atomic E-state index is 10.4. The summed E-state index contributed by atoms with van der Waals surface area (Å²) in [5, 5.41) is 0. The summed E-state index contributed by atoms with van der Waals surface area (Å²) in [4.78, 5) is 20.5. The molecule has 0 saturated heterocycles. The van der Waals surface area contributed by atoms with Crippen LogP contribution in [0, 0.1) is 0 Å². The second kappa shape index (κ2) is 5.07. The van der Waals surface area contributed by atoms with Crippen LogP contribution in [0.15, 0.2) is 35.9 Å². The molecular formula is C11H10O2. The minimum absolute atomic E-state index is 0.179. The third-order valence-corrected chi connectivity index (χ3v) is 1.73. The van der Waals surface area contributed by atoms with Crippen molar-refractivity contribution < 1.29 is 9.59 Å². The molecule has 0 radical (unpaired) electrons. The summed E-state index contributed by atoms with van der Waals surface area (Å²) >= 11 is 0. The summed E-state index contributed by atoms with van der Waals surface area (Å²) in [5.74, 6) is 1.79. The Morgan fingerprint density at radius 3 is 2.54 bits per heavy atom. The normalized spacial score (nSPS) is 8.92. The molecule has 0 aliphatic carbocycles.